The Balaban J connectivity index is 1.53. The van der Waals surface area contributed by atoms with E-state index in [9.17, 15) is 4.79 Å². The zero-order chi connectivity index (χ0) is 19.5. The molecule has 4 aromatic heterocycles. The average molecular weight is 412 g/mol. The highest BCUT2D eigenvalue weighted by molar-refractivity contribution is 7.98. The summed E-state index contributed by atoms with van der Waals surface area (Å²) in [5.41, 5.74) is 3.13. The first kappa shape index (κ1) is 18.8. The number of aromatic nitrogens is 2. The van der Waals surface area contributed by atoms with Crippen molar-refractivity contribution < 1.29 is 9.21 Å². The first-order valence-electron chi connectivity index (χ1n) is 9.06. The van der Waals surface area contributed by atoms with Crippen LogP contribution in [0.2, 0.25) is 0 Å². The predicted octanol–water partition coefficient (Wildman–Crippen LogP) is 4.96. The standard InChI is InChI=1S/C21H21N3O2S2/c1-14-7-8-15(2)24(14)18-17-6-3-9-23-21(17)28-19(18)20(25)22-10-12-27-13-16-5-4-11-26-16/h3-9,11H,10,12-13H2,1-2H3,(H,22,25). The molecule has 1 amide bonds. The van der Waals surface area contributed by atoms with Crippen molar-refractivity contribution in [2.45, 2.75) is 19.6 Å². The minimum Gasteiger partial charge on any atom is -0.468 e. The molecule has 0 aliphatic heterocycles. The van der Waals surface area contributed by atoms with Gasteiger partial charge >= 0.3 is 0 Å². The lowest BCUT2D eigenvalue weighted by molar-refractivity contribution is 0.0960. The predicted molar refractivity (Wildman–Crippen MR) is 116 cm³/mol. The normalized spacial score (nSPS) is 11.2. The number of rotatable bonds is 7. The Bertz CT molecular complexity index is 1080. The SMILES string of the molecule is Cc1ccc(C)n1-c1c(C(=O)NCCSCc2ccco2)sc2ncccc12. The van der Waals surface area contributed by atoms with Crippen LogP contribution in [0, 0.1) is 13.8 Å². The van der Waals surface area contributed by atoms with Crippen LogP contribution in [0.4, 0.5) is 0 Å². The zero-order valence-electron chi connectivity index (χ0n) is 15.8. The molecule has 0 radical (unpaired) electrons. The van der Waals surface area contributed by atoms with Crippen LogP contribution in [0.15, 0.2) is 53.3 Å². The van der Waals surface area contributed by atoms with Crippen LogP contribution < -0.4 is 5.32 Å². The molecule has 0 saturated carbocycles. The molecule has 0 saturated heterocycles. The molecule has 28 heavy (non-hydrogen) atoms. The molecular formula is C21H21N3O2S2. The number of fused-ring (bicyclic) bond motifs is 1. The van der Waals surface area contributed by atoms with Crippen LogP contribution in [-0.4, -0.2) is 27.8 Å². The minimum absolute atomic E-state index is 0.0518. The van der Waals surface area contributed by atoms with Gasteiger partial charge in [-0.1, -0.05) is 0 Å². The van der Waals surface area contributed by atoms with Crippen molar-refractivity contribution in [3.8, 4) is 5.69 Å². The number of thiophene rings is 1. The first-order chi connectivity index (χ1) is 13.6. The monoisotopic (exact) mass is 411 g/mol. The molecule has 0 unspecified atom stereocenters. The van der Waals surface area contributed by atoms with E-state index in [1.807, 2.05) is 24.3 Å². The number of carbonyl (C=O) groups excluding carboxylic acids is 1. The van der Waals surface area contributed by atoms with Gasteiger partial charge in [-0.15, -0.1) is 11.3 Å². The van der Waals surface area contributed by atoms with Crippen LogP contribution in [0.3, 0.4) is 0 Å². The fraction of sp³-hybridized carbons (Fsp3) is 0.238. The highest BCUT2D eigenvalue weighted by Gasteiger charge is 2.22. The van der Waals surface area contributed by atoms with Crippen molar-refractivity contribution in [3.05, 3.63) is 70.9 Å². The van der Waals surface area contributed by atoms with Gasteiger partial charge in [-0.2, -0.15) is 11.8 Å². The summed E-state index contributed by atoms with van der Waals surface area (Å²) in [5, 5.41) is 4.07. The highest BCUT2D eigenvalue weighted by Crippen LogP contribution is 2.34. The van der Waals surface area contributed by atoms with Crippen LogP contribution in [0.5, 0.6) is 0 Å². The van der Waals surface area contributed by atoms with Crippen molar-refractivity contribution in [2.75, 3.05) is 12.3 Å². The summed E-state index contributed by atoms with van der Waals surface area (Å²) >= 11 is 3.18. The molecule has 144 valence electrons. The fourth-order valence-corrected chi connectivity index (χ4v) is 5.00. The van der Waals surface area contributed by atoms with Gasteiger partial charge in [0, 0.05) is 35.3 Å². The Morgan fingerprint density at radius 2 is 2.04 bits per heavy atom. The number of nitrogens with zero attached hydrogens (tertiary/aromatic N) is 2. The van der Waals surface area contributed by atoms with E-state index in [2.05, 4.69) is 40.8 Å². The van der Waals surface area contributed by atoms with Crippen LogP contribution >= 0.6 is 23.1 Å². The maximum atomic E-state index is 13.0. The van der Waals surface area contributed by atoms with Crippen molar-refractivity contribution in [2.24, 2.45) is 0 Å². The number of hydrogen-bond acceptors (Lipinski definition) is 5. The first-order valence-corrected chi connectivity index (χ1v) is 11.0. The summed E-state index contributed by atoms with van der Waals surface area (Å²) in [6, 6.07) is 11.9. The molecule has 4 heterocycles. The maximum absolute atomic E-state index is 13.0. The number of nitrogens with one attached hydrogen (secondary N) is 1. The van der Waals surface area contributed by atoms with Crippen molar-refractivity contribution in [3.63, 3.8) is 0 Å². The highest BCUT2D eigenvalue weighted by atomic mass is 32.2. The van der Waals surface area contributed by atoms with E-state index in [4.69, 9.17) is 4.42 Å². The molecule has 5 nitrogen and oxygen atoms in total. The number of hydrogen-bond donors (Lipinski definition) is 1. The van der Waals surface area contributed by atoms with Gasteiger partial charge in [-0.25, -0.2) is 4.98 Å². The Hall–Kier alpha value is -2.51. The van der Waals surface area contributed by atoms with Gasteiger partial charge in [0.05, 0.1) is 17.7 Å². The molecule has 4 aromatic rings. The topological polar surface area (TPSA) is 60.1 Å². The smallest absolute Gasteiger partial charge is 0.263 e. The van der Waals surface area contributed by atoms with Gasteiger partial charge < -0.3 is 14.3 Å². The zero-order valence-corrected chi connectivity index (χ0v) is 17.4. The Morgan fingerprint density at radius 1 is 1.21 bits per heavy atom. The Morgan fingerprint density at radius 3 is 2.79 bits per heavy atom. The van der Waals surface area contributed by atoms with Gasteiger partial charge in [0.25, 0.3) is 5.91 Å². The van der Waals surface area contributed by atoms with E-state index in [0.29, 0.717) is 11.4 Å². The second-order valence-corrected chi connectivity index (χ2v) is 8.58. The van der Waals surface area contributed by atoms with Crippen molar-refractivity contribution in [1.29, 1.82) is 0 Å². The molecule has 0 spiro atoms. The maximum Gasteiger partial charge on any atom is 0.263 e. The summed E-state index contributed by atoms with van der Waals surface area (Å²) in [7, 11) is 0. The third-order valence-electron chi connectivity index (χ3n) is 4.50. The lowest BCUT2D eigenvalue weighted by Crippen LogP contribution is -2.26. The van der Waals surface area contributed by atoms with E-state index in [1.165, 1.54) is 11.3 Å². The van der Waals surface area contributed by atoms with Crippen molar-refractivity contribution in [1.82, 2.24) is 14.9 Å². The van der Waals surface area contributed by atoms with E-state index in [1.54, 1.807) is 24.2 Å². The molecule has 0 fully saturated rings. The molecule has 0 aliphatic rings. The third kappa shape index (κ3) is 3.72. The molecule has 4 rings (SSSR count). The summed E-state index contributed by atoms with van der Waals surface area (Å²) in [6.07, 6.45) is 3.45. The minimum atomic E-state index is -0.0518. The summed E-state index contributed by atoms with van der Waals surface area (Å²) < 4.78 is 7.47. The molecule has 0 atom stereocenters. The van der Waals surface area contributed by atoms with Gasteiger partial charge in [-0.3, -0.25) is 4.79 Å². The van der Waals surface area contributed by atoms with E-state index in [0.717, 1.165) is 44.6 Å². The van der Waals surface area contributed by atoms with E-state index in [-0.39, 0.29) is 5.91 Å². The fourth-order valence-electron chi connectivity index (χ4n) is 3.20. The summed E-state index contributed by atoms with van der Waals surface area (Å²) in [6.45, 7) is 4.72. The summed E-state index contributed by atoms with van der Waals surface area (Å²) in [5.74, 6) is 2.53. The average Bonchev–Trinajstić information content (AvgIpc) is 3.41. The second kappa shape index (κ2) is 8.24. The number of aryl methyl sites for hydroxylation is 2. The second-order valence-electron chi connectivity index (χ2n) is 6.48. The molecular weight excluding hydrogens is 390 g/mol. The van der Waals surface area contributed by atoms with Gasteiger partial charge in [0.1, 0.15) is 15.5 Å². The Labute approximate surface area is 171 Å². The number of pyridine rings is 1. The van der Waals surface area contributed by atoms with Crippen LogP contribution in [-0.2, 0) is 5.75 Å². The molecule has 7 heteroatoms. The quantitative estimate of drug-likeness (QED) is 0.437. The van der Waals surface area contributed by atoms with Gasteiger partial charge in [0.2, 0.25) is 0 Å². The molecule has 0 bridgehead atoms. The molecule has 1 N–H and O–H groups in total. The third-order valence-corrected chi connectivity index (χ3v) is 6.58. The van der Waals surface area contributed by atoms with E-state index >= 15 is 0 Å². The van der Waals surface area contributed by atoms with Gasteiger partial charge in [0.15, 0.2) is 0 Å². The number of amides is 1. The number of furan rings is 1. The van der Waals surface area contributed by atoms with E-state index < -0.39 is 0 Å². The van der Waals surface area contributed by atoms with Gasteiger partial charge in [-0.05, 0) is 50.2 Å². The van der Waals surface area contributed by atoms with Crippen LogP contribution in [0.25, 0.3) is 15.9 Å². The molecule has 0 aliphatic carbocycles. The number of carbonyl (C=O) groups is 1. The largest absolute Gasteiger partial charge is 0.468 e. The number of thioether (sulfide) groups is 1. The lowest BCUT2D eigenvalue weighted by atomic mass is 10.2. The molecule has 0 aromatic carbocycles. The summed E-state index contributed by atoms with van der Waals surface area (Å²) in [4.78, 5) is 19.0. The van der Waals surface area contributed by atoms with Crippen LogP contribution in [0.1, 0.15) is 26.8 Å². The Kier molecular flexibility index (Phi) is 5.54. The lowest BCUT2D eigenvalue weighted by Gasteiger charge is -2.12. The van der Waals surface area contributed by atoms with Crippen molar-refractivity contribution >= 4 is 39.2 Å².